The van der Waals surface area contributed by atoms with E-state index in [0.29, 0.717) is 11.4 Å². The Morgan fingerprint density at radius 2 is 2.25 bits per heavy atom. The fourth-order valence-corrected chi connectivity index (χ4v) is 1.72. The smallest absolute Gasteiger partial charge is 0.282 e. The van der Waals surface area contributed by atoms with Crippen LogP contribution in [0.15, 0.2) is 30.5 Å². The zero-order valence-electron chi connectivity index (χ0n) is 10.7. The molecule has 0 aliphatic heterocycles. The second-order valence-corrected chi connectivity index (χ2v) is 4.20. The molecule has 0 spiro atoms. The molecule has 0 aliphatic rings. The van der Waals surface area contributed by atoms with Crippen molar-refractivity contribution in [3.63, 3.8) is 0 Å². The van der Waals surface area contributed by atoms with E-state index in [1.54, 1.807) is 24.0 Å². The molecule has 8 nitrogen and oxygen atoms in total. The summed E-state index contributed by atoms with van der Waals surface area (Å²) in [6, 6.07) is 5.62. The molecule has 8 heteroatoms. The Balaban J connectivity index is 2.16. The number of nitro benzene ring substituents is 1. The van der Waals surface area contributed by atoms with E-state index in [1.165, 1.54) is 18.2 Å². The van der Waals surface area contributed by atoms with Crippen molar-refractivity contribution in [1.82, 2.24) is 15.1 Å². The van der Waals surface area contributed by atoms with Gasteiger partial charge < -0.3 is 11.1 Å². The standard InChI is InChI=1S/C12H13N5O3/c1-16-5-4-9(15-16)7-14-12(18)10-6-8(13)2-3-11(10)17(19)20/h2-6H,7,13H2,1H3,(H,14,18). The molecule has 3 N–H and O–H groups in total. The number of aryl methyl sites for hydroxylation is 1. The fraction of sp³-hybridized carbons (Fsp3) is 0.167. The lowest BCUT2D eigenvalue weighted by molar-refractivity contribution is -0.385. The largest absolute Gasteiger partial charge is 0.399 e. The maximum absolute atomic E-state index is 12.0. The van der Waals surface area contributed by atoms with E-state index in [9.17, 15) is 14.9 Å². The van der Waals surface area contributed by atoms with Crippen molar-refractivity contribution in [1.29, 1.82) is 0 Å². The molecule has 0 radical (unpaired) electrons. The lowest BCUT2D eigenvalue weighted by Crippen LogP contribution is -2.24. The van der Waals surface area contributed by atoms with Gasteiger partial charge >= 0.3 is 0 Å². The van der Waals surface area contributed by atoms with E-state index in [1.807, 2.05) is 0 Å². The van der Waals surface area contributed by atoms with Gasteiger partial charge in [-0.05, 0) is 18.2 Å². The van der Waals surface area contributed by atoms with E-state index >= 15 is 0 Å². The first-order chi connectivity index (χ1) is 9.47. The van der Waals surface area contributed by atoms with Gasteiger partial charge in [0.15, 0.2) is 0 Å². The molecule has 1 aromatic carbocycles. The number of nitrogens with one attached hydrogen (secondary N) is 1. The zero-order chi connectivity index (χ0) is 14.7. The summed E-state index contributed by atoms with van der Waals surface area (Å²) in [4.78, 5) is 22.3. The van der Waals surface area contributed by atoms with Crippen molar-refractivity contribution in [2.75, 3.05) is 5.73 Å². The highest BCUT2D eigenvalue weighted by atomic mass is 16.6. The van der Waals surface area contributed by atoms with Crippen LogP contribution in [0.5, 0.6) is 0 Å². The van der Waals surface area contributed by atoms with Crippen LogP contribution in [0.2, 0.25) is 0 Å². The molecule has 0 saturated heterocycles. The van der Waals surface area contributed by atoms with E-state index in [-0.39, 0.29) is 17.8 Å². The van der Waals surface area contributed by atoms with Gasteiger partial charge in [-0.3, -0.25) is 19.6 Å². The molecule has 0 saturated carbocycles. The number of hydrogen-bond donors (Lipinski definition) is 2. The van der Waals surface area contributed by atoms with Gasteiger partial charge in [-0.1, -0.05) is 0 Å². The minimum absolute atomic E-state index is 0.0640. The van der Waals surface area contributed by atoms with Gasteiger partial charge in [-0.15, -0.1) is 0 Å². The molecular formula is C12H13N5O3. The number of benzene rings is 1. The number of nitrogens with two attached hydrogens (primary N) is 1. The average Bonchev–Trinajstić information content (AvgIpc) is 2.81. The highest BCUT2D eigenvalue weighted by Crippen LogP contribution is 2.21. The topological polar surface area (TPSA) is 116 Å². The van der Waals surface area contributed by atoms with Crippen LogP contribution in [-0.4, -0.2) is 20.6 Å². The Morgan fingerprint density at radius 1 is 1.50 bits per heavy atom. The van der Waals surface area contributed by atoms with Crippen LogP contribution < -0.4 is 11.1 Å². The molecule has 1 aromatic heterocycles. The highest BCUT2D eigenvalue weighted by Gasteiger charge is 2.20. The first-order valence-electron chi connectivity index (χ1n) is 5.78. The average molecular weight is 275 g/mol. The van der Waals surface area contributed by atoms with E-state index in [2.05, 4.69) is 10.4 Å². The summed E-state index contributed by atoms with van der Waals surface area (Å²) >= 11 is 0. The third kappa shape index (κ3) is 2.91. The Kier molecular flexibility index (Phi) is 3.65. The number of hydrogen-bond acceptors (Lipinski definition) is 5. The number of carbonyl (C=O) groups is 1. The SMILES string of the molecule is Cn1ccc(CNC(=O)c2cc(N)ccc2[N+](=O)[O-])n1. The third-order valence-corrected chi connectivity index (χ3v) is 2.66. The van der Waals surface area contributed by atoms with Crippen LogP contribution in [0.25, 0.3) is 0 Å². The number of amides is 1. The number of nitrogen functional groups attached to an aromatic ring is 1. The molecule has 1 amide bonds. The van der Waals surface area contributed by atoms with Crippen molar-refractivity contribution >= 4 is 17.3 Å². The van der Waals surface area contributed by atoms with Crippen LogP contribution in [0.1, 0.15) is 16.1 Å². The second kappa shape index (κ2) is 5.39. The predicted octanol–water partition coefficient (Wildman–Crippen LogP) is 0.840. The minimum Gasteiger partial charge on any atom is -0.399 e. The summed E-state index contributed by atoms with van der Waals surface area (Å²) in [5.41, 5.74) is 6.16. The lowest BCUT2D eigenvalue weighted by Gasteiger charge is -2.05. The number of nitro groups is 1. The van der Waals surface area contributed by atoms with Gasteiger partial charge in [0, 0.05) is 25.0 Å². The quantitative estimate of drug-likeness (QED) is 0.487. The second-order valence-electron chi connectivity index (χ2n) is 4.20. The van der Waals surface area contributed by atoms with Crippen molar-refractivity contribution in [3.8, 4) is 0 Å². The molecule has 1 heterocycles. The van der Waals surface area contributed by atoms with E-state index in [0.717, 1.165) is 0 Å². The summed E-state index contributed by atoms with van der Waals surface area (Å²) in [5.74, 6) is -0.561. The van der Waals surface area contributed by atoms with E-state index < -0.39 is 10.8 Å². The fourth-order valence-electron chi connectivity index (χ4n) is 1.72. The Labute approximate surface area is 114 Å². The molecular weight excluding hydrogens is 262 g/mol. The van der Waals surface area contributed by atoms with Gasteiger partial charge in [0.05, 0.1) is 17.2 Å². The molecule has 0 unspecified atom stereocenters. The first kappa shape index (κ1) is 13.5. The van der Waals surface area contributed by atoms with Gasteiger partial charge in [0.2, 0.25) is 0 Å². The van der Waals surface area contributed by atoms with Crippen LogP contribution in [-0.2, 0) is 13.6 Å². The highest BCUT2D eigenvalue weighted by molar-refractivity contribution is 5.98. The Morgan fingerprint density at radius 3 is 2.85 bits per heavy atom. The van der Waals surface area contributed by atoms with Crippen molar-refractivity contribution in [3.05, 3.63) is 51.8 Å². The summed E-state index contributed by atoms with van der Waals surface area (Å²) < 4.78 is 1.60. The summed E-state index contributed by atoms with van der Waals surface area (Å²) in [7, 11) is 1.76. The molecule has 0 aliphatic carbocycles. The summed E-state index contributed by atoms with van der Waals surface area (Å²) in [6.45, 7) is 0.186. The van der Waals surface area contributed by atoms with Crippen molar-refractivity contribution < 1.29 is 9.72 Å². The van der Waals surface area contributed by atoms with Crippen LogP contribution in [0.3, 0.4) is 0 Å². The molecule has 0 atom stereocenters. The number of anilines is 1. The number of rotatable bonds is 4. The van der Waals surface area contributed by atoms with Crippen molar-refractivity contribution in [2.45, 2.75) is 6.54 Å². The molecule has 2 aromatic rings. The molecule has 20 heavy (non-hydrogen) atoms. The van der Waals surface area contributed by atoms with Crippen LogP contribution >= 0.6 is 0 Å². The van der Waals surface area contributed by atoms with Gasteiger partial charge in [0.25, 0.3) is 11.6 Å². The molecule has 0 fully saturated rings. The third-order valence-electron chi connectivity index (χ3n) is 2.66. The maximum Gasteiger partial charge on any atom is 0.282 e. The van der Waals surface area contributed by atoms with Gasteiger partial charge in [-0.2, -0.15) is 5.10 Å². The van der Waals surface area contributed by atoms with Gasteiger partial charge in [-0.25, -0.2) is 0 Å². The molecule has 104 valence electrons. The van der Waals surface area contributed by atoms with Crippen molar-refractivity contribution in [2.24, 2.45) is 7.05 Å². The van der Waals surface area contributed by atoms with Crippen LogP contribution in [0.4, 0.5) is 11.4 Å². The maximum atomic E-state index is 12.0. The van der Waals surface area contributed by atoms with E-state index in [4.69, 9.17) is 5.73 Å². The zero-order valence-corrected chi connectivity index (χ0v) is 10.7. The Bertz CT molecular complexity index is 665. The monoisotopic (exact) mass is 275 g/mol. The number of carbonyl (C=O) groups excluding carboxylic acids is 1. The molecule has 0 bridgehead atoms. The number of nitrogens with zero attached hydrogens (tertiary/aromatic N) is 3. The summed E-state index contributed by atoms with van der Waals surface area (Å²) in [6.07, 6.45) is 1.74. The summed E-state index contributed by atoms with van der Waals surface area (Å²) in [5, 5.41) is 17.6. The lowest BCUT2D eigenvalue weighted by atomic mass is 10.1. The predicted molar refractivity (Wildman–Crippen MR) is 71.9 cm³/mol. The van der Waals surface area contributed by atoms with Gasteiger partial charge in [0.1, 0.15) is 5.56 Å². The normalized spacial score (nSPS) is 10.2. The number of aromatic nitrogens is 2. The first-order valence-corrected chi connectivity index (χ1v) is 5.78. The molecule has 2 rings (SSSR count). The Hall–Kier alpha value is -2.90. The minimum atomic E-state index is -0.616. The van der Waals surface area contributed by atoms with Crippen LogP contribution in [0, 0.1) is 10.1 Å².